The summed E-state index contributed by atoms with van der Waals surface area (Å²) >= 11 is 8.71. The zero-order valence-corrected chi connectivity index (χ0v) is 27.1. The van der Waals surface area contributed by atoms with Gasteiger partial charge in [0.25, 0.3) is 0 Å². The second-order valence-corrected chi connectivity index (χ2v) is 13.5. The first-order chi connectivity index (χ1) is 22.6. The summed E-state index contributed by atoms with van der Waals surface area (Å²) < 4.78 is 54.8. The molecule has 2 aromatic carbocycles. The van der Waals surface area contributed by atoms with E-state index in [1.807, 2.05) is 36.4 Å². The molecule has 1 aliphatic carbocycles. The number of aliphatic carboxylic acids is 1. The van der Waals surface area contributed by atoms with E-state index in [2.05, 4.69) is 10.3 Å². The molecule has 8 nitrogen and oxygen atoms in total. The van der Waals surface area contributed by atoms with Crippen molar-refractivity contribution in [3.8, 4) is 33.5 Å². The SMILES string of the molecule is COc1nc(O[C@H]2CCc3c(-c4cccc(-c5nc6c(s5)CCNC6)c4Cl)cccc32)c(C(F)(F)F)cc1CN1CC[C@@H](C(=O)O)C1. The number of halogens is 4. The molecule has 47 heavy (non-hydrogen) atoms. The number of methoxy groups -OCH3 is 1. The minimum atomic E-state index is -4.74. The van der Waals surface area contributed by atoms with E-state index in [0.29, 0.717) is 30.8 Å². The molecule has 13 heteroatoms. The molecule has 4 aromatic rings. The van der Waals surface area contributed by atoms with Gasteiger partial charge in [0, 0.05) is 47.7 Å². The third-order valence-electron chi connectivity index (χ3n) is 9.13. The zero-order chi connectivity index (χ0) is 32.9. The van der Waals surface area contributed by atoms with Gasteiger partial charge in [0.05, 0.1) is 23.7 Å². The number of carbonyl (C=O) groups is 1. The fourth-order valence-corrected chi connectivity index (χ4v) is 8.28. The van der Waals surface area contributed by atoms with Crippen molar-refractivity contribution >= 4 is 28.9 Å². The Balaban J connectivity index is 1.18. The Morgan fingerprint density at radius 2 is 1.89 bits per heavy atom. The van der Waals surface area contributed by atoms with Gasteiger partial charge in [0.2, 0.25) is 11.8 Å². The summed E-state index contributed by atoms with van der Waals surface area (Å²) in [6.45, 7) is 2.44. The van der Waals surface area contributed by atoms with Crippen molar-refractivity contribution in [1.82, 2.24) is 20.2 Å². The van der Waals surface area contributed by atoms with Crippen molar-refractivity contribution in [3.63, 3.8) is 0 Å². The van der Waals surface area contributed by atoms with Crippen molar-refractivity contribution in [3.05, 3.63) is 80.3 Å². The van der Waals surface area contributed by atoms with E-state index in [9.17, 15) is 23.1 Å². The molecule has 0 radical (unpaired) electrons. The smallest absolute Gasteiger partial charge is 0.421 e. The van der Waals surface area contributed by atoms with Gasteiger partial charge in [-0.05, 0) is 55.0 Å². The Morgan fingerprint density at radius 3 is 2.64 bits per heavy atom. The maximum absolute atomic E-state index is 14.4. The quantitative estimate of drug-likeness (QED) is 0.202. The monoisotopic (exact) mass is 684 g/mol. The average Bonchev–Trinajstić information content (AvgIpc) is 3.80. The predicted molar refractivity (Wildman–Crippen MR) is 172 cm³/mol. The summed E-state index contributed by atoms with van der Waals surface area (Å²) in [5, 5.41) is 14.1. The number of rotatable bonds is 8. The first kappa shape index (κ1) is 31.9. The lowest BCUT2D eigenvalue weighted by Gasteiger charge is -2.22. The lowest BCUT2D eigenvalue weighted by Crippen LogP contribution is -2.24. The van der Waals surface area contributed by atoms with Gasteiger partial charge in [-0.15, -0.1) is 11.3 Å². The second-order valence-electron chi connectivity index (χ2n) is 12.1. The van der Waals surface area contributed by atoms with Crippen molar-refractivity contribution in [2.24, 2.45) is 5.92 Å². The Bertz CT molecular complexity index is 1830. The number of pyridine rings is 1. The van der Waals surface area contributed by atoms with Crippen LogP contribution in [0.3, 0.4) is 0 Å². The second kappa shape index (κ2) is 12.7. The van der Waals surface area contributed by atoms with Crippen LogP contribution < -0.4 is 14.8 Å². The lowest BCUT2D eigenvalue weighted by atomic mass is 9.95. The number of fused-ring (bicyclic) bond motifs is 2. The van der Waals surface area contributed by atoms with E-state index < -0.39 is 35.6 Å². The fraction of sp³-hybridized carbons (Fsp3) is 0.382. The van der Waals surface area contributed by atoms with E-state index in [1.165, 1.54) is 12.0 Å². The number of carboxylic acids is 1. The van der Waals surface area contributed by atoms with Crippen molar-refractivity contribution in [1.29, 1.82) is 0 Å². The van der Waals surface area contributed by atoms with Gasteiger partial charge in [-0.2, -0.15) is 18.2 Å². The van der Waals surface area contributed by atoms with Crippen molar-refractivity contribution < 1.29 is 32.5 Å². The Kier molecular flexibility index (Phi) is 8.62. The molecule has 1 fully saturated rings. The number of thiazole rings is 1. The molecule has 0 amide bonds. The van der Waals surface area contributed by atoms with Crippen molar-refractivity contribution in [2.45, 2.75) is 51.1 Å². The molecule has 7 rings (SSSR count). The molecule has 0 spiro atoms. The highest BCUT2D eigenvalue weighted by Crippen LogP contribution is 2.46. The molecule has 246 valence electrons. The van der Waals surface area contributed by atoms with Crippen LogP contribution in [-0.4, -0.2) is 52.7 Å². The van der Waals surface area contributed by atoms with Crippen LogP contribution in [0.5, 0.6) is 11.8 Å². The Hall–Kier alpha value is -3.71. The fourth-order valence-electron chi connectivity index (χ4n) is 6.80. The van der Waals surface area contributed by atoms with Gasteiger partial charge in [0.15, 0.2) is 0 Å². The third kappa shape index (κ3) is 6.19. The molecule has 2 atom stereocenters. The summed E-state index contributed by atoms with van der Waals surface area (Å²) in [7, 11) is 1.35. The van der Waals surface area contributed by atoms with Crippen LogP contribution in [0.15, 0.2) is 42.5 Å². The molecule has 3 aliphatic rings. The van der Waals surface area contributed by atoms with Crippen LogP contribution in [0, 0.1) is 5.92 Å². The highest BCUT2D eigenvalue weighted by atomic mass is 35.5. The number of hydrogen-bond acceptors (Lipinski definition) is 8. The summed E-state index contributed by atoms with van der Waals surface area (Å²) in [5.74, 6) is -2.00. The maximum Gasteiger partial charge on any atom is 0.421 e. The normalized spacial score (nSPS) is 19.4. The average molecular weight is 685 g/mol. The van der Waals surface area contributed by atoms with Gasteiger partial charge in [-0.3, -0.25) is 9.69 Å². The van der Waals surface area contributed by atoms with Gasteiger partial charge in [0.1, 0.15) is 16.7 Å². The minimum Gasteiger partial charge on any atom is -0.481 e. The van der Waals surface area contributed by atoms with Gasteiger partial charge < -0.3 is 19.9 Å². The number of benzene rings is 2. The number of likely N-dealkylation sites (tertiary alicyclic amines) is 1. The minimum absolute atomic E-state index is 0.0157. The molecule has 2 aliphatic heterocycles. The molecule has 0 saturated carbocycles. The van der Waals surface area contributed by atoms with Crippen LogP contribution in [0.4, 0.5) is 13.2 Å². The van der Waals surface area contributed by atoms with Crippen LogP contribution in [-0.2, 0) is 36.9 Å². The first-order valence-electron chi connectivity index (χ1n) is 15.5. The molecule has 0 bridgehead atoms. The lowest BCUT2D eigenvalue weighted by molar-refractivity contribution is -0.141. The van der Waals surface area contributed by atoms with Crippen LogP contribution in [0.1, 0.15) is 51.8 Å². The number of nitrogens with one attached hydrogen (secondary N) is 1. The highest BCUT2D eigenvalue weighted by Gasteiger charge is 2.39. The first-order valence-corrected chi connectivity index (χ1v) is 16.7. The highest BCUT2D eigenvalue weighted by molar-refractivity contribution is 7.15. The topological polar surface area (TPSA) is 96.8 Å². The van der Waals surface area contributed by atoms with Crippen LogP contribution >= 0.6 is 22.9 Å². The van der Waals surface area contributed by atoms with Gasteiger partial charge in [-0.25, -0.2) is 4.98 Å². The molecule has 4 heterocycles. The van der Waals surface area contributed by atoms with E-state index in [4.69, 9.17) is 26.1 Å². The summed E-state index contributed by atoms with van der Waals surface area (Å²) in [6.07, 6.45) is -2.98. The van der Waals surface area contributed by atoms with Gasteiger partial charge in [-0.1, -0.05) is 48.0 Å². The molecule has 2 aromatic heterocycles. The largest absolute Gasteiger partial charge is 0.481 e. The predicted octanol–water partition coefficient (Wildman–Crippen LogP) is 7.17. The molecule has 1 saturated heterocycles. The van der Waals surface area contributed by atoms with Crippen LogP contribution in [0.2, 0.25) is 5.02 Å². The number of aromatic nitrogens is 2. The summed E-state index contributed by atoms with van der Waals surface area (Å²) in [5.41, 5.74) is 4.63. The molecular weight excluding hydrogens is 653 g/mol. The molecular formula is C34H32ClF3N4O4S. The maximum atomic E-state index is 14.4. The van der Waals surface area contributed by atoms with Crippen LogP contribution in [0.25, 0.3) is 21.7 Å². The van der Waals surface area contributed by atoms with E-state index >= 15 is 0 Å². The zero-order valence-electron chi connectivity index (χ0n) is 25.5. The summed E-state index contributed by atoms with van der Waals surface area (Å²) in [4.78, 5) is 23.5. The summed E-state index contributed by atoms with van der Waals surface area (Å²) in [6, 6.07) is 12.6. The van der Waals surface area contributed by atoms with E-state index in [0.717, 1.165) is 64.1 Å². The van der Waals surface area contributed by atoms with E-state index in [-0.39, 0.29) is 24.5 Å². The molecule has 0 unspecified atom stereocenters. The number of hydrogen-bond donors (Lipinski definition) is 2. The Labute approximate surface area is 278 Å². The van der Waals surface area contributed by atoms with E-state index in [1.54, 1.807) is 16.2 Å². The van der Waals surface area contributed by atoms with Crippen molar-refractivity contribution in [2.75, 3.05) is 26.7 Å². The van der Waals surface area contributed by atoms with Gasteiger partial charge >= 0.3 is 12.1 Å². The number of alkyl halides is 3. The number of ether oxygens (including phenoxy) is 2. The molecule has 2 N–H and O–H groups in total. The third-order valence-corrected chi connectivity index (χ3v) is 10.7. The Morgan fingerprint density at radius 1 is 1.11 bits per heavy atom. The number of carboxylic acid groups (broad SMARTS) is 1. The number of nitrogens with zero attached hydrogens (tertiary/aromatic N) is 3. The standard InChI is InChI=1S/C34H32ClF3N4O4S/c1-45-30-19(17-42-13-11-18(16-42)33(43)44)14-25(34(36,37)38)31(41-30)46-27-9-8-21-20(4-2-5-22(21)27)23-6-3-7-24(29(23)35)32-40-26-15-39-12-10-28(26)47-32/h2-7,14,18,27,39H,8-13,15-17H2,1H3,(H,43,44)/t18-,27+/m1/s1.